The van der Waals surface area contributed by atoms with Gasteiger partial charge >= 0.3 is 11.9 Å². The first-order valence-corrected chi connectivity index (χ1v) is 4.67. The minimum Gasteiger partial charge on any atom is -0.474 e. The molecule has 0 saturated carbocycles. The Hall–Kier alpha value is -1.07. The van der Waals surface area contributed by atoms with Crippen LogP contribution in [0, 0.1) is 0 Å². The van der Waals surface area contributed by atoms with E-state index in [1.54, 1.807) is 6.07 Å². The molecule has 0 atom stereocenters. The summed E-state index contributed by atoms with van der Waals surface area (Å²) in [6.07, 6.45) is 0. The van der Waals surface area contributed by atoms with Crippen LogP contribution in [0.1, 0.15) is 0 Å². The quantitative estimate of drug-likeness (QED) is 0.773. The lowest BCUT2D eigenvalue weighted by atomic mass is 10.3. The van der Waals surface area contributed by atoms with Crippen molar-refractivity contribution in [3.8, 4) is 0 Å². The van der Waals surface area contributed by atoms with Crippen molar-refractivity contribution in [2.45, 2.75) is 0 Å². The molecule has 4 nitrogen and oxygen atoms in total. The molecule has 0 aliphatic carbocycles. The average Bonchev–Trinajstić information content (AvgIpc) is 2.11. The summed E-state index contributed by atoms with van der Waals surface area (Å²) in [6, 6.07) is 4.60. The zero-order chi connectivity index (χ0) is 10.7. The molecule has 2 N–H and O–H groups in total. The number of benzene rings is 1. The number of nitrogens with one attached hydrogen (secondary N) is 1. The summed E-state index contributed by atoms with van der Waals surface area (Å²) in [6.45, 7) is 0. The molecule has 0 fully saturated rings. The van der Waals surface area contributed by atoms with Gasteiger partial charge in [0, 0.05) is 10.2 Å². The molecule has 0 radical (unpaired) electrons. The third kappa shape index (κ3) is 2.71. The van der Waals surface area contributed by atoms with E-state index in [1.807, 2.05) is 0 Å². The maximum absolute atomic E-state index is 10.7. The fraction of sp³-hybridized carbons (Fsp3) is 0. The van der Waals surface area contributed by atoms with Gasteiger partial charge in [0.25, 0.3) is 0 Å². The first-order chi connectivity index (χ1) is 6.50. The van der Waals surface area contributed by atoms with Gasteiger partial charge in [0.2, 0.25) is 0 Å². The van der Waals surface area contributed by atoms with Gasteiger partial charge < -0.3 is 10.4 Å². The average molecular weight is 278 g/mol. The molecule has 0 heterocycles. The molecule has 14 heavy (non-hydrogen) atoms. The summed E-state index contributed by atoms with van der Waals surface area (Å²) < 4.78 is 0.674. The van der Waals surface area contributed by atoms with Crippen LogP contribution in [0.15, 0.2) is 22.7 Å². The van der Waals surface area contributed by atoms with Gasteiger partial charge in [-0.2, -0.15) is 0 Å². The molecule has 6 heteroatoms. The molecule has 1 amide bonds. The molecule has 0 aromatic heterocycles. The van der Waals surface area contributed by atoms with Gasteiger partial charge in [0.15, 0.2) is 0 Å². The predicted octanol–water partition coefficient (Wildman–Crippen LogP) is 2.13. The summed E-state index contributed by atoms with van der Waals surface area (Å²) in [4.78, 5) is 20.9. The summed E-state index contributed by atoms with van der Waals surface area (Å²) in [5.74, 6) is -2.63. The number of halogens is 2. The van der Waals surface area contributed by atoms with E-state index in [0.29, 0.717) is 15.2 Å². The lowest BCUT2D eigenvalue weighted by molar-refractivity contribution is -0.147. The van der Waals surface area contributed by atoms with Crippen LogP contribution in [0.3, 0.4) is 0 Å². The van der Waals surface area contributed by atoms with E-state index in [1.165, 1.54) is 12.1 Å². The maximum Gasteiger partial charge on any atom is 0.394 e. The molecule has 1 aromatic rings. The van der Waals surface area contributed by atoms with Gasteiger partial charge in [-0.3, -0.25) is 4.79 Å². The lowest BCUT2D eigenvalue weighted by Crippen LogP contribution is -2.21. The monoisotopic (exact) mass is 277 g/mol. The van der Waals surface area contributed by atoms with Gasteiger partial charge in [0.05, 0.1) is 5.02 Å². The van der Waals surface area contributed by atoms with E-state index in [2.05, 4.69) is 21.2 Å². The van der Waals surface area contributed by atoms with E-state index in [-0.39, 0.29) is 0 Å². The minimum atomic E-state index is -1.54. The fourth-order valence-corrected chi connectivity index (χ4v) is 1.19. The number of rotatable bonds is 1. The van der Waals surface area contributed by atoms with E-state index in [9.17, 15) is 9.59 Å². The molecule has 1 rings (SSSR count). The molecule has 0 bridgehead atoms. The Morgan fingerprint density at radius 1 is 1.43 bits per heavy atom. The Morgan fingerprint density at radius 3 is 2.57 bits per heavy atom. The van der Waals surface area contributed by atoms with Crippen molar-refractivity contribution >= 4 is 45.1 Å². The number of carboxylic acid groups (broad SMARTS) is 1. The van der Waals surface area contributed by atoms with E-state index in [4.69, 9.17) is 16.7 Å². The molecule has 0 aliphatic heterocycles. The van der Waals surface area contributed by atoms with Gasteiger partial charge in [-0.15, -0.1) is 0 Å². The second-order valence-corrected chi connectivity index (χ2v) is 3.65. The van der Waals surface area contributed by atoms with Crippen LogP contribution in [-0.4, -0.2) is 17.0 Å². The van der Waals surface area contributed by atoms with Crippen LogP contribution in [0.25, 0.3) is 0 Å². The van der Waals surface area contributed by atoms with Crippen molar-refractivity contribution in [2.24, 2.45) is 0 Å². The highest BCUT2D eigenvalue weighted by Crippen LogP contribution is 2.25. The summed E-state index contributed by atoms with van der Waals surface area (Å²) in [5.41, 5.74) is 0.339. The summed E-state index contributed by atoms with van der Waals surface area (Å²) in [5, 5.41) is 10.9. The Labute approximate surface area is 93.0 Å². The Morgan fingerprint density at radius 2 is 2.07 bits per heavy atom. The number of anilines is 1. The van der Waals surface area contributed by atoms with Crippen molar-refractivity contribution in [1.29, 1.82) is 0 Å². The number of carbonyl (C=O) groups is 2. The normalized spacial score (nSPS) is 9.57. The largest absolute Gasteiger partial charge is 0.474 e. The highest BCUT2D eigenvalue weighted by atomic mass is 79.9. The second kappa shape index (κ2) is 4.43. The summed E-state index contributed by atoms with van der Waals surface area (Å²) in [7, 11) is 0. The molecular formula is C8H5BrClNO3. The van der Waals surface area contributed by atoms with E-state index >= 15 is 0 Å². The SMILES string of the molecule is O=C(O)C(=O)Nc1ccc(Br)c(Cl)c1. The Balaban J connectivity index is 2.83. The number of amides is 1. The van der Waals surface area contributed by atoms with Crippen molar-refractivity contribution in [1.82, 2.24) is 0 Å². The van der Waals surface area contributed by atoms with E-state index < -0.39 is 11.9 Å². The zero-order valence-corrected chi connectivity index (χ0v) is 9.09. The summed E-state index contributed by atoms with van der Waals surface area (Å²) >= 11 is 8.89. The standard InChI is InChI=1S/C8H5BrClNO3/c9-5-2-1-4(3-6(5)10)11-7(12)8(13)14/h1-3H,(H,11,12)(H,13,14). The van der Waals surface area contributed by atoms with Crippen molar-refractivity contribution in [2.75, 3.05) is 5.32 Å². The number of carbonyl (C=O) groups excluding carboxylic acids is 1. The topological polar surface area (TPSA) is 66.4 Å². The van der Waals surface area contributed by atoms with Crippen LogP contribution in [-0.2, 0) is 9.59 Å². The number of carboxylic acids is 1. The third-order valence-corrected chi connectivity index (χ3v) is 2.60. The second-order valence-electron chi connectivity index (χ2n) is 2.39. The van der Waals surface area contributed by atoms with Crippen LogP contribution < -0.4 is 5.32 Å². The highest BCUT2D eigenvalue weighted by molar-refractivity contribution is 9.10. The smallest absolute Gasteiger partial charge is 0.394 e. The zero-order valence-electron chi connectivity index (χ0n) is 6.75. The van der Waals surface area contributed by atoms with Gasteiger partial charge in [-0.1, -0.05) is 11.6 Å². The minimum absolute atomic E-state index is 0.339. The molecule has 0 unspecified atom stereocenters. The molecular weight excluding hydrogens is 273 g/mol. The van der Waals surface area contributed by atoms with Crippen molar-refractivity contribution < 1.29 is 14.7 Å². The van der Waals surface area contributed by atoms with Gasteiger partial charge in [0.1, 0.15) is 0 Å². The Kier molecular flexibility index (Phi) is 3.49. The van der Waals surface area contributed by atoms with Gasteiger partial charge in [-0.25, -0.2) is 4.79 Å². The van der Waals surface area contributed by atoms with Crippen LogP contribution >= 0.6 is 27.5 Å². The van der Waals surface area contributed by atoms with Crippen molar-refractivity contribution in [3.63, 3.8) is 0 Å². The van der Waals surface area contributed by atoms with Crippen LogP contribution in [0.4, 0.5) is 5.69 Å². The Bertz CT molecular complexity index is 394. The number of hydrogen-bond acceptors (Lipinski definition) is 2. The first kappa shape index (κ1) is 11.0. The molecule has 0 aliphatic rings. The molecule has 0 saturated heterocycles. The highest BCUT2D eigenvalue weighted by Gasteiger charge is 2.11. The number of aliphatic carboxylic acids is 1. The molecule has 74 valence electrons. The van der Waals surface area contributed by atoms with Crippen LogP contribution in [0.2, 0.25) is 5.02 Å². The van der Waals surface area contributed by atoms with Crippen LogP contribution in [0.5, 0.6) is 0 Å². The molecule has 0 spiro atoms. The first-order valence-electron chi connectivity index (χ1n) is 3.50. The lowest BCUT2D eigenvalue weighted by Gasteiger charge is -2.02. The predicted molar refractivity (Wildman–Crippen MR) is 55.4 cm³/mol. The molecule has 1 aromatic carbocycles. The fourth-order valence-electron chi connectivity index (χ4n) is 0.758. The third-order valence-electron chi connectivity index (χ3n) is 1.37. The van der Waals surface area contributed by atoms with E-state index in [0.717, 1.165) is 0 Å². The van der Waals surface area contributed by atoms with Crippen molar-refractivity contribution in [3.05, 3.63) is 27.7 Å². The van der Waals surface area contributed by atoms with Gasteiger partial charge in [-0.05, 0) is 34.1 Å². The number of hydrogen-bond donors (Lipinski definition) is 2. The maximum atomic E-state index is 10.7.